The van der Waals surface area contributed by atoms with Crippen LogP contribution in [-0.2, 0) is 11.3 Å². The highest BCUT2D eigenvalue weighted by molar-refractivity contribution is 9.10. The Labute approximate surface area is 189 Å². The van der Waals surface area contributed by atoms with E-state index in [2.05, 4.69) is 36.3 Å². The largest absolute Gasteiger partial charge is 0.503 e. The smallest absolute Gasteiger partial charge is 0.254 e. The topological polar surface area (TPSA) is 77.4 Å². The molecule has 9 heteroatoms. The van der Waals surface area contributed by atoms with Crippen molar-refractivity contribution < 1.29 is 14.6 Å². The van der Waals surface area contributed by atoms with Gasteiger partial charge in [0.1, 0.15) is 0 Å². The fourth-order valence-corrected chi connectivity index (χ4v) is 3.78. The summed E-state index contributed by atoms with van der Waals surface area (Å²) in [6.45, 7) is 4.64. The monoisotopic (exact) mass is 494 g/mol. The molecular formula is C21H24BrClN4O3. The number of halogens is 2. The second-order valence-electron chi connectivity index (χ2n) is 7.03. The summed E-state index contributed by atoms with van der Waals surface area (Å²) in [5.41, 5.74) is 4.47. The lowest BCUT2D eigenvalue weighted by atomic mass is 10.2. The van der Waals surface area contributed by atoms with Gasteiger partial charge in [-0.15, -0.1) is 0 Å². The highest BCUT2D eigenvalue weighted by Gasteiger charge is 2.19. The molecule has 1 amide bonds. The molecule has 160 valence electrons. The van der Waals surface area contributed by atoms with Crippen molar-refractivity contribution in [1.82, 2.24) is 15.2 Å². The molecule has 0 radical (unpaired) electrons. The summed E-state index contributed by atoms with van der Waals surface area (Å²) < 4.78 is 5.59. The van der Waals surface area contributed by atoms with Crippen LogP contribution < -0.4 is 10.2 Å². The predicted molar refractivity (Wildman–Crippen MR) is 121 cm³/mol. The molecule has 0 aliphatic carbocycles. The maximum atomic E-state index is 12.2. The van der Waals surface area contributed by atoms with Gasteiger partial charge in [-0.3, -0.25) is 14.6 Å². The molecule has 0 unspecified atom stereocenters. The third-order valence-electron chi connectivity index (χ3n) is 4.83. The van der Waals surface area contributed by atoms with Crippen LogP contribution in [0.1, 0.15) is 11.1 Å². The van der Waals surface area contributed by atoms with Gasteiger partial charge in [0.2, 0.25) is 0 Å². The van der Waals surface area contributed by atoms with E-state index in [4.69, 9.17) is 16.3 Å². The zero-order valence-electron chi connectivity index (χ0n) is 16.6. The second kappa shape index (κ2) is 10.8. The first-order chi connectivity index (χ1) is 14.4. The molecule has 0 aromatic heterocycles. The van der Waals surface area contributed by atoms with Crippen molar-refractivity contribution in [2.45, 2.75) is 6.54 Å². The number of hydrogen-bond donors (Lipinski definition) is 2. The van der Waals surface area contributed by atoms with Crippen molar-refractivity contribution in [3.05, 3.63) is 57.0 Å². The molecule has 3 rings (SSSR count). The zero-order chi connectivity index (χ0) is 21.5. The van der Waals surface area contributed by atoms with Crippen molar-refractivity contribution in [3.63, 3.8) is 0 Å². The molecule has 7 nitrogen and oxygen atoms in total. The number of phenols is 1. The van der Waals surface area contributed by atoms with Crippen molar-refractivity contribution in [2.75, 3.05) is 39.8 Å². The summed E-state index contributed by atoms with van der Waals surface area (Å²) in [6.07, 6.45) is 1.51. The maximum absolute atomic E-state index is 12.2. The van der Waals surface area contributed by atoms with Gasteiger partial charge in [0.25, 0.3) is 5.91 Å². The third kappa shape index (κ3) is 6.43. The number of aromatic hydroxyl groups is 1. The van der Waals surface area contributed by atoms with Gasteiger partial charge in [0.15, 0.2) is 11.5 Å². The molecule has 2 aromatic carbocycles. The number of phenolic OH excluding ortho intramolecular Hbond substituents is 1. The molecule has 1 aliphatic rings. The number of hydrazone groups is 1. The number of benzene rings is 2. The number of carbonyl (C=O) groups is 1. The van der Waals surface area contributed by atoms with Gasteiger partial charge in [-0.05, 0) is 51.3 Å². The first-order valence-corrected chi connectivity index (χ1v) is 10.7. The highest BCUT2D eigenvalue weighted by Crippen LogP contribution is 2.34. The lowest BCUT2D eigenvalue weighted by Gasteiger charge is -2.34. The SMILES string of the molecule is COc1cc(/C=N\NC(=O)CN2CCN(Cc3ccc(Cl)cc3)CC2)cc(Br)c1O. The quantitative estimate of drug-likeness (QED) is 0.456. The number of hydrogen-bond acceptors (Lipinski definition) is 6. The van der Waals surface area contributed by atoms with Gasteiger partial charge in [-0.1, -0.05) is 23.7 Å². The zero-order valence-corrected chi connectivity index (χ0v) is 19.0. The van der Waals surface area contributed by atoms with Gasteiger partial charge in [0, 0.05) is 37.7 Å². The van der Waals surface area contributed by atoms with Crippen LogP contribution in [0.5, 0.6) is 11.5 Å². The molecule has 2 aromatic rings. The minimum absolute atomic E-state index is 0.0221. The summed E-state index contributed by atoms with van der Waals surface area (Å²) in [5.74, 6) is 0.185. The molecule has 0 saturated carbocycles. The second-order valence-corrected chi connectivity index (χ2v) is 8.32. The molecule has 30 heavy (non-hydrogen) atoms. The number of ether oxygens (including phenoxy) is 1. The van der Waals surface area contributed by atoms with E-state index in [1.165, 1.54) is 18.9 Å². The Morgan fingerprint density at radius 1 is 1.23 bits per heavy atom. The lowest BCUT2D eigenvalue weighted by Crippen LogP contribution is -2.48. The van der Waals surface area contributed by atoms with E-state index in [0.29, 0.717) is 22.3 Å². The summed E-state index contributed by atoms with van der Waals surface area (Å²) in [5, 5.41) is 14.6. The Morgan fingerprint density at radius 3 is 2.57 bits per heavy atom. The Balaban J connectivity index is 1.42. The minimum Gasteiger partial charge on any atom is -0.503 e. The summed E-state index contributed by atoms with van der Waals surface area (Å²) in [4.78, 5) is 16.7. The standard InChI is InChI=1S/C21H24BrClN4O3/c1-30-19-11-16(10-18(22)21(19)29)12-24-25-20(28)14-27-8-6-26(7-9-27)13-15-2-4-17(23)5-3-15/h2-5,10-12,29H,6-9,13-14H2,1H3,(H,25,28)/b24-12-. The summed E-state index contributed by atoms with van der Waals surface area (Å²) >= 11 is 9.19. The summed E-state index contributed by atoms with van der Waals surface area (Å²) in [7, 11) is 1.47. The van der Waals surface area contributed by atoms with Crippen LogP contribution in [0, 0.1) is 0 Å². The van der Waals surface area contributed by atoms with Gasteiger partial charge in [0.05, 0.1) is 24.3 Å². The average molecular weight is 496 g/mol. The van der Waals surface area contributed by atoms with Crippen LogP contribution in [0.4, 0.5) is 0 Å². The van der Waals surface area contributed by atoms with Crippen LogP contribution in [0.25, 0.3) is 0 Å². The van der Waals surface area contributed by atoms with Crippen LogP contribution in [-0.4, -0.2) is 66.9 Å². The van der Waals surface area contributed by atoms with E-state index < -0.39 is 0 Å². The average Bonchev–Trinajstić information content (AvgIpc) is 2.73. The van der Waals surface area contributed by atoms with E-state index in [9.17, 15) is 9.90 Å². The van der Waals surface area contributed by atoms with Crippen molar-refractivity contribution >= 4 is 39.7 Å². The Kier molecular flexibility index (Phi) is 8.09. The van der Waals surface area contributed by atoms with E-state index in [0.717, 1.165) is 37.7 Å². The number of amides is 1. The molecule has 1 aliphatic heterocycles. The predicted octanol–water partition coefficient (Wildman–Crippen LogP) is 3.08. The van der Waals surface area contributed by atoms with Gasteiger partial charge < -0.3 is 9.84 Å². The number of methoxy groups -OCH3 is 1. The maximum Gasteiger partial charge on any atom is 0.254 e. The van der Waals surface area contributed by atoms with Crippen LogP contribution in [0.3, 0.4) is 0 Å². The van der Waals surface area contributed by atoms with Gasteiger partial charge in [-0.2, -0.15) is 5.10 Å². The molecule has 1 saturated heterocycles. The fraction of sp³-hybridized carbons (Fsp3) is 0.333. The molecular weight excluding hydrogens is 472 g/mol. The van der Waals surface area contributed by atoms with Crippen molar-refractivity contribution in [2.24, 2.45) is 5.10 Å². The molecule has 0 atom stereocenters. The first kappa shape index (κ1) is 22.6. The van der Waals surface area contributed by atoms with E-state index >= 15 is 0 Å². The third-order valence-corrected chi connectivity index (χ3v) is 5.68. The minimum atomic E-state index is -0.165. The first-order valence-electron chi connectivity index (χ1n) is 9.52. The lowest BCUT2D eigenvalue weighted by molar-refractivity contribution is -0.122. The number of piperazine rings is 1. The Morgan fingerprint density at radius 2 is 1.90 bits per heavy atom. The molecule has 0 bridgehead atoms. The Hall–Kier alpha value is -2.13. The van der Waals surface area contributed by atoms with Crippen molar-refractivity contribution in [3.8, 4) is 11.5 Å². The van der Waals surface area contributed by atoms with Crippen LogP contribution >= 0.6 is 27.5 Å². The number of nitrogens with zero attached hydrogens (tertiary/aromatic N) is 3. The summed E-state index contributed by atoms with van der Waals surface area (Å²) in [6, 6.07) is 11.2. The van der Waals surface area contributed by atoms with E-state index in [-0.39, 0.29) is 11.7 Å². The molecule has 1 heterocycles. The molecule has 2 N–H and O–H groups in total. The molecule has 1 fully saturated rings. The number of rotatable bonds is 7. The molecule has 0 spiro atoms. The Bertz CT molecular complexity index is 900. The number of carbonyl (C=O) groups excluding carboxylic acids is 1. The van der Waals surface area contributed by atoms with Gasteiger partial charge >= 0.3 is 0 Å². The van der Waals surface area contributed by atoms with Crippen LogP contribution in [0.2, 0.25) is 5.02 Å². The fourth-order valence-electron chi connectivity index (χ4n) is 3.19. The normalized spacial score (nSPS) is 15.4. The van der Waals surface area contributed by atoms with E-state index in [1.54, 1.807) is 12.1 Å². The van der Waals surface area contributed by atoms with E-state index in [1.807, 2.05) is 24.3 Å². The van der Waals surface area contributed by atoms with Crippen LogP contribution in [0.15, 0.2) is 46.0 Å². The van der Waals surface area contributed by atoms with Gasteiger partial charge in [-0.25, -0.2) is 5.43 Å². The van der Waals surface area contributed by atoms with Crippen molar-refractivity contribution in [1.29, 1.82) is 0 Å². The highest BCUT2D eigenvalue weighted by atomic mass is 79.9. The number of nitrogens with one attached hydrogen (secondary N) is 1.